The van der Waals surface area contributed by atoms with Gasteiger partial charge in [0.2, 0.25) is 17.7 Å². The third-order valence-corrected chi connectivity index (χ3v) is 5.50. The van der Waals surface area contributed by atoms with E-state index in [2.05, 4.69) is 20.9 Å². The highest BCUT2D eigenvalue weighted by molar-refractivity contribution is 6.03. The molecule has 9 heteroatoms. The number of benzene rings is 2. The largest absolute Gasteiger partial charge is 0.494 e. The van der Waals surface area contributed by atoms with E-state index in [1.54, 1.807) is 30.5 Å². The Bertz CT molecular complexity index is 1230. The highest BCUT2D eigenvalue weighted by atomic mass is 16.5. The van der Waals surface area contributed by atoms with Crippen LogP contribution in [0.4, 0.5) is 17.1 Å². The van der Waals surface area contributed by atoms with E-state index in [-0.39, 0.29) is 36.5 Å². The van der Waals surface area contributed by atoms with Gasteiger partial charge in [-0.3, -0.25) is 19.4 Å². The molecule has 0 bridgehead atoms. The zero-order valence-corrected chi connectivity index (χ0v) is 19.0. The zero-order chi connectivity index (χ0) is 24.1. The maximum atomic E-state index is 12.5. The van der Waals surface area contributed by atoms with E-state index in [9.17, 15) is 14.4 Å². The Balaban J connectivity index is 1.38. The molecule has 0 unspecified atom stereocenters. The quantitative estimate of drug-likeness (QED) is 0.443. The maximum absolute atomic E-state index is 12.5. The second-order valence-electron chi connectivity index (χ2n) is 7.99. The third kappa shape index (κ3) is 5.43. The predicted octanol–water partition coefficient (Wildman–Crippen LogP) is 3.96. The van der Waals surface area contributed by atoms with Crippen LogP contribution in [0.1, 0.15) is 25.7 Å². The highest BCUT2D eigenvalue weighted by Gasteiger charge is 2.30. The van der Waals surface area contributed by atoms with E-state index in [1.165, 1.54) is 14.2 Å². The number of hydrogen-bond acceptors (Lipinski definition) is 6. The minimum absolute atomic E-state index is 0.00252. The summed E-state index contributed by atoms with van der Waals surface area (Å²) >= 11 is 0. The van der Waals surface area contributed by atoms with Crippen LogP contribution < -0.4 is 25.4 Å². The summed E-state index contributed by atoms with van der Waals surface area (Å²) in [6.45, 7) is 0. The average Bonchev–Trinajstić information content (AvgIpc) is 3.69. The second-order valence-corrected chi connectivity index (χ2v) is 7.99. The van der Waals surface area contributed by atoms with Gasteiger partial charge in [-0.05, 0) is 37.1 Å². The smallest absolute Gasteiger partial charge is 0.227 e. The number of carbonyl (C=O) groups is 3. The van der Waals surface area contributed by atoms with Crippen LogP contribution in [0.25, 0.3) is 10.9 Å². The van der Waals surface area contributed by atoms with Crippen molar-refractivity contribution in [2.24, 2.45) is 5.92 Å². The van der Waals surface area contributed by atoms with Crippen LogP contribution >= 0.6 is 0 Å². The second kappa shape index (κ2) is 10.2. The lowest BCUT2D eigenvalue weighted by Crippen LogP contribution is -2.18. The summed E-state index contributed by atoms with van der Waals surface area (Å²) < 4.78 is 10.8. The molecule has 1 fully saturated rings. The van der Waals surface area contributed by atoms with Crippen molar-refractivity contribution in [3.8, 4) is 11.5 Å². The molecule has 1 heterocycles. The standard InChI is InChI=1S/C25H26N4O5/c1-33-21-14-20(29-25(32)15-8-9-15)22(34-2)13-19(21)28-24(31)11-10-23(30)27-18-7-3-6-17-16(18)5-4-12-26-17/h3-7,12-15H,8-11H2,1-2H3,(H,27,30)(H,28,31)(H,29,32). The molecule has 9 nitrogen and oxygen atoms in total. The Hall–Kier alpha value is -4.14. The predicted molar refractivity (Wildman–Crippen MR) is 129 cm³/mol. The van der Waals surface area contributed by atoms with Crippen molar-refractivity contribution in [1.29, 1.82) is 0 Å². The van der Waals surface area contributed by atoms with Gasteiger partial charge in [0.05, 0.1) is 36.8 Å². The number of nitrogens with one attached hydrogen (secondary N) is 3. The molecule has 0 atom stereocenters. The fourth-order valence-electron chi connectivity index (χ4n) is 3.54. The number of pyridine rings is 1. The Morgan fingerprint density at radius 3 is 2.09 bits per heavy atom. The molecule has 1 saturated carbocycles. The molecule has 176 valence electrons. The van der Waals surface area contributed by atoms with Gasteiger partial charge in [-0.15, -0.1) is 0 Å². The number of anilines is 3. The molecule has 3 amide bonds. The van der Waals surface area contributed by atoms with E-state index < -0.39 is 0 Å². The highest BCUT2D eigenvalue weighted by Crippen LogP contribution is 2.38. The van der Waals surface area contributed by atoms with Crippen molar-refractivity contribution < 1.29 is 23.9 Å². The molecule has 1 aromatic heterocycles. The maximum Gasteiger partial charge on any atom is 0.227 e. The molecule has 0 aliphatic heterocycles. The van der Waals surface area contributed by atoms with Gasteiger partial charge in [0.1, 0.15) is 11.5 Å². The van der Waals surface area contributed by atoms with E-state index in [0.717, 1.165) is 23.7 Å². The molecular weight excluding hydrogens is 436 g/mol. The molecule has 3 N–H and O–H groups in total. The molecule has 0 radical (unpaired) electrons. The summed E-state index contributed by atoms with van der Waals surface area (Å²) in [4.78, 5) is 41.4. The molecule has 2 aromatic carbocycles. The van der Waals surface area contributed by atoms with Crippen molar-refractivity contribution >= 4 is 45.7 Å². The van der Waals surface area contributed by atoms with E-state index in [0.29, 0.717) is 28.6 Å². The Labute approximate surface area is 196 Å². The number of fused-ring (bicyclic) bond motifs is 1. The van der Waals surface area contributed by atoms with Crippen LogP contribution in [0.3, 0.4) is 0 Å². The van der Waals surface area contributed by atoms with Gasteiger partial charge >= 0.3 is 0 Å². The van der Waals surface area contributed by atoms with Gasteiger partial charge in [0, 0.05) is 42.5 Å². The number of hydrogen-bond donors (Lipinski definition) is 3. The van der Waals surface area contributed by atoms with Crippen LogP contribution in [0.5, 0.6) is 11.5 Å². The number of rotatable bonds is 9. The van der Waals surface area contributed by atoms with Crippen LogP contribution in [0.2, 0.25) is 0 Å². The summed E-state index contributed by atoms with van der Waals surface area (Å²) in [6, 6.07) is 12.3. The van der Waals surface area contributed by atoms with Gasteiger partial charge in [-0.1, -0.05) is 6.07 Å². The van der Waals surface area contributed by atoms with E-state index >= 15 is 0 Å². The van der Waals surface area contributed by atoms with Crippen LogP contribution in [0.15, 0.2) is 48.7 Å². The summed E-state index contributed by atoms with van der Waals surface area (Å²) in [6.07, 6.45) is 3.42. The molecule has 1 aliphatic rings. The Morgan fingerprint density at radius 2 is 1.47 bits per heavy atom. The molecule has 0 saturated heterocycles. The molecule has 1 aliphatic carbocycles. The molecule has 4 rings (SSSR count). The van der Waals surface area contributed by atoms with Crippen LogP contribution in [-0.4, -0.2) is 36.9 Å². The molecule has 34 heavy (non-hydrogen) atoms. The fourth-order valence-corrected chi connectivity index (χ4v) is 3.54. The minimum atomic E-state index is -0.357. The number of aromatic nitrogens is 1. The lowest BCUT2D eigenvalue weighted by atomic mass is 10.1. The molecular formula is C25H26N4O5. The van der Waals surface area contributed by atoms with Crippen molar-refractivity contribution in [3.05, 3.63) is 48.7 Å². The van der Waals surface area contributed by atoms with E-state index in [4.69, 9.17) is 9.47 Å². The summed E-state index contributed by atoms with van der Waals surface area (Å²) in [5, 5.41) is 9.26. The molecule has 3 aromatic rings. The lowest BCUT2D eigenvalue weighted by molar-refractivity contribution is -0.121. The summed E-state index contributed by atoms with van der Waals surface area (Å²) in [5.41, 5.74) is 2.27. The number of amides is 3. The monoisotopic (exact) mass is 462 g/mol. The van der Waals surface area contributed by atoms with Crippen molar-refractivity contribution in [3.63, 3.8) is 0 Å². The third-order valence-electron chi connectivity index (χ3n) is 5.50. The lowest BCUT2D eigenvalue weighted by Gasteiger charge is -2.16. The van der Waals surface area contributed by atoms with Crippen LogP contribution in [0, 0.1) is 5.92 Å². The van der Waals surface area contributed by atoms with Crippen molar-refractivity contribution in [2.75, 3.05) is 30.2 Å². The van der Waals surface area contributed by atoms with Gasteiger partial charge in [-0.25, -0.2) is 0 Å². The van der Waals surface area contributed by atoms with Gasteiger partial charge in [-0.2, -0.15) is 0 Å². The molecule has 0 spiro atoms. The zero-order valence-electron chi connectivity index (χ0n) is 19.0. The summed E-state index contributed by atoms with van der Waals surface area (Å²) in [7, 11) is 2.95. The first-order valence-corrected chi connectivity index (χ1v) is 11.0. The average molecular weight is 463 g/mol. The Morgan fingerprint density at radius 1 is 0.853 bits per heavy atom. The van der Waals surface area contributed by atoms with Crippen LogP contribution in [-0.2, 0) is 14.4 Å². The van der Waals surface area contributed by atoms with Gasteiger partial charge in [0.15, 0.2) is 0 Å². The minimum Gasteiger partial charge on any atom is -0.494 e. The topological polar surface area (TPSA) is 119 Å². The van der Waals surface area contributed by atoms with Gasteiger partial charge < -0.3 is 25.4 Å². The number of carbonyl (C=O) groups excluding carboxylic acids is 3. The van der Waals surface area contributed by atoms with E-state index in [1.807, 2.05) is 18.2 Å². The van der Waals surface area contributed by atoms with Crippen molar-refractivity contribution in [1.82, 2.24) is 4.98 Å². The number of methoxy groups -OCH3 is 2. The first-order chi connectivity index (χ1) is 16.5. The normalized spacial score (nSPS) is 12.6. The number of nitrogens with zero attached hydrogens (tertiary/aromatic N) is 1. The Kier molecular flexibility index (Phi) is 6.91. The first kappa shape index (κ1) is 23.0. The summed E-state index contributed by atoms with van der Waals surface area (Å²) in [5.74, 6) is 0.0934. The number of ether oxygens (including phenoxy) is 2. The SMILES string of the molecule is COc1cc(NC(=O)C2CC2)c(OC)cc1NC(=O)CCC(=O)Nc1cccc2ncccc12. The van der Waals surface area contributed by atoms with Gasteiger partial charge in [0.25, 0.3) is 0 Å². The fraction of sp³-hybridized carbons (Fsp3) is 0.280. The first-order valence-electron chi connectivity index (χ1n) is 11.0. The van der Waals surface area contributed by atoms with Crippen molar-refractivity contribution in [2.45, 2.75) is 25.7 Å².